The second-order valence-electron chi connectivity index (χ2n) is 5.63. The van der Waals surface area contributed by atoms with Gasteiger partial charge in [0.2, 0.25) is 0 Å². The maximum absolute atomic E-state index is 12.1. The number of nitrogens with zero attached hydrogens (tertiary/aromatic N) is 4. The molecule has 1 N–H and O–H groups in total. The number of aliphatic imine (C=N–C) groups is 1. The number of pyridine rings is 1. The highest BCUT2D eigenvalue weighted by Crippen LogP contribution is 2.33. The van der Waals surface area contributed by atoms with Gasteiger partial charge in [-0.05, 0) is 53.7 Å². The highest BCUT2D eigenvalue weighted by atomic mass is 35.5. The average Bonchev–Trinajstić information content (AvgIpc) is 2.65. The Balaban J connectivity index is 1.99. The van der Waals surface area contributed by atoms with E-state index in [4.69, 9.17) is 11.6 Å². The maximum Gasteiger partial charge on any atom is 0.331 e. The number of benzene rings is 1. The predicted molar refractivity (Wildman–Crippen MR) is 106 cm³/mol. The maximum atomic E-state index is 12.1. The summed E-state index contributed by atoms with van der Waals surface area (Å²) in [6, 6.07) is 11.2. The zero-order valence-corrected chi connectivity index (χ0v) is 16.0. The van der Waals surface area contributed by atoms with Crippen molar-refractivity contribution >= 4 is 35.3 Å². The van der Waals surface area contributed by atoms with Gasteiger partial charge in [-0.1, -0.05) is 11.6 Å². The molecule has 0 aliphatic heterocycles. The lowest BCUT2D eigenvalue weighted by molar-refractivity contribution is 0.475. The van der Waals surface area contributed by atoms with Crippen LogP contribution in [0.1, 0.15) is 5.56 Å². The van der Waals surface area contributed by atoms with Gasteiger partial charge in [0, 0.05) is 26.4 Å². The van der Waals surface area contributed by atoms with E-state index in [-0.39, 0.29) is 10.9 Å². The Morgan fingerprint density at radius 2 is 1.81 bits per heavy atom. The van der Waals surface area contributed by atoms with E-state index >= 15 is 0 Å². The summed E-state index contributed by atoms with van der Waals surface area (Å²) in [5, 5.41) is 10.5. The quantitative estimate of drug-likeness (QED) is 0.411. The fourth-order valence-corrected chi connectivity index (χ4v) is 3.34. The van der Waals surface area contributed by atoms with E-state index in [9.17, 15) is 14.7 Å². The summed E-state index contributed by atoms with van der Waals surface area (Å²) in [7, 11) is 3.00. The van der Waals surface area contributed by atoms with Gasteiger partial charge in [0.1, 0.15) is 15.9 Å². The van der Waals surface area contributed by atoms with Crippen LogP contribution in [0.5, 0.6) is 5.75 Å². The summed E-state index contributed by atoms with van der Waals surface area (Å²) in [5.74, 6) is 0.170. The topological polar surface area (TPSA) is 89.5 Å². The second-order valence-corrected chi connectivity index (χ2v) is 7.03. The van der Waals surface area contributed by atoms with Crippen molar-refractivity contribution in [2.24, 2.45) is 19.1 Å². The summed E-state index contributed by atoms with van der Waals surface area (Å²) in [6.45, 7) is 0. The van der Waals surface area contributed by atoms with Gasteiger partial charge >= 0.3 is 5.69 Å². The zero-order valence-electron chi connectivity index (χ0n) is 14.5. The predicted octanol–water partition coefficient (Wildman–Crippen LogP) is 2.74. The molecule has 1 aromatic carbocycles. The number of aromatic nitrogens is 3. The molecule has 0 bridgehead atoms. The first kappa shape index (κ1) is 18.9. The second kappa shape index (κ2) is 7.81. The third kappa shape index (κ3) is 4.29. The summed E-state index contributed by atoms with van der Waals surface area (Å²) in [6.07, 6.45) is 1.62. The summed E-state index contributed by atoms with van der Waals surface area (Å²) >= 11 is 7.14. The van der Waals surface area contributed by atoms with Crippen LogP contribution in [0, 0.1) is 0 Å². The van der Waals surface area contributed by atoms with Crippen molar-refractivity contribution < 1.29 is 5.11 Å². The minimum Gasteiger partial charge on any atom is -0.508 e. The highest BCUT2D eigenvalue weighted by Gasteiger charge is 2.12. The number of aromatic hydroxyl groups is 1. The lowest BCUT2D eigenvalue weighted by atomic mass is 10.2. The van der Waals surface area contributed by atoms with Crippen LogP contribution in [0.15, 0.2) is 67.1 Å². The molecule has 138 valence electrons. The number of hydrogen-bond acceptors (Lipinski definition) is 6. The van der Waals surface area contributed by atoms with Crippen molar-refractivity contribution in [3.8, 4) is 5.75 Å². The van der Waals surface area contributed by atoms with E-state index in [0.29, 0.717) is 15.7 Å². The highest BCUT2D eigenvalue weighted by molar-refractivity contribution is 7.99. The Hall–Kier alpha value is -2.84. The Labute approximate surface area is 163 Å². The van der Waals surface area contributed by atoms with Gasteiger partial charge in [-0.25, -0.2) is 9.78 Å². The van der Waals surface area contributed by atoms with Gasteiger partial charge < -0.3 is 5.11 Å². The molecule has 0 amide bonds. The molecule has 2 aromatic heterocycles. The molecule has 2 heterocycles. The van der Waals surface area contributed by atoms with Gasteiger partial charge in [-0.3, -0.25) is 18.9 Å². The minimum atomic E-state index is -0.429. The largest absolute Gasteiger partial charge is 0.508 e. The van der Waals surface area contributed by atoms with Gasteiger partial charge in [0.25, 0.3) is 5.56 Å². The number of hydrogen-bond donors (Lipinski definition) is 1. The Morgan fingerprint density at radius 3 is 2.52 bits per heavy atom. The Kier molecular flexibility index (Phi) is 5.48. The van der Waals surface area contributed by atoms with E-state index in [1.54, 1.807) is 49.7 Å². The van der Waals surface area contributed by atoms with Gasteiger partial charge in [-0.15, -0.1) is 0 Å². The average molecular weight is 403 g/mol. The molecule has 3 rings (SSSR count). The van der Waals surface area contributed by atoms with Crippen LogP contribution in [0.25, 0.3) is 0 Å². The van der Waals surface area contributed by atoms with Crippen LogP contribution in [-0.2, 0) is 14.1 Å². The van der Waals surface area contributed by atoms with Crippen molar-refractivity contribution in [3.05, 3.63) is 74.0 Å². The smallest absolute Gasteiger partial charge is 0.331 e. The van der Waals surface area contributed by atoms with Crippen LogP contribution in [-0.4, -0.2) is 25.4 Å². The van der Waals surface area contributed by atoms with E-state index < -0.39 is 11.2 Å². The molecular weight excluding hydrogens is 388 g/mol. The minimum absolute atomic E-state index is 0.170. The number of halogens is 1. The van der Waals surface area contributed by atoms with Crippen molar-refractivity contribution in [1.82, 2.24) is 14.1 Å². The third-order valence-corrected chi connectivity index (χ3v) is 5.04. The normalized spacial score (nSPS) is 11.2. The van der Waals surface area contributed by atoms with Crippen LogP contribution in [0.2, 0.25) is 5.15 Å². The third-order valence-electron chi connectivity index (χ3n) is 3.74. The molecule has 0 unspecified atom stereocenters. The monoisotopic (exact) mass is 402 g/mol. The molecule has 0 saturated heterocycles. The molecule has 0 saturated carbocycles. The Bertz CT molecular complexity index is 1140. The SMILES string of the molecule is Cn1c(Sc2nc(Cl)ccc2N=Cc2ccc(O)cc2)cc(=O)n(C)c1=O. The van der Waals surface area contributed by atoms with Crippen molar-refractivity contribution in [3.63, 3.8) is 0 Å². The number of rotatable bonds is 4. The molecule has 0 aliphatic rings. The zero-order chi connectivity index (χ0) is 19.6. The molecule has 0 atom stereocenters. The van der Waals surface area contributed by atoms with E-state index in [0.717, 1.165) is 21.9 Å². The van der Waals surface area contributed by atoms with Crippen LogP contribution in [0.3, 0.4) is 0 Å². The lowest BCUT2D eigenvalue weighted by Crippen LogP contribution is -2.36. The molecule has 27 heavy (non-hydrogen) atoms. The van der Waals surface area contributed by atoms with Crippen LogP contribution < -0.4 is 11.2 Å². The van der Waals surface area contributed by atoms with Crippen molar-refractivity contribution in [2.45, 2.75) is 10.1 Å². The summed E-state index contributed by atoms with van der Waals surface area (Å²) in [5.41, 5.74) is 0.489. The first-order valence-electron chi connectivity index (χ1n) is 7.80. The first-order chi connectivity index (χ1) is 12.8. The van der Waals surface area contributed by atoms with Crippen LogP contribution in [0.4, 0.5) is 5.69 Å². The molecule has 7 nitrogen and oxygen atoms in total. The van der Waals surface area contributed by atoms with Gasteiger partial charge in [0.15, 0.2) is 0 Å². The first-order valence-corrected chi connectivity index (χ1v) is 8.99. The van der Waals surface area contributed by atoms with E-state index in [1.165, 1.54) is 17.7 Å². The van der Waals surface area contributed by atoms with Gasteiger partial charge in [-0.2, -0.15) is 0 Å². The van der Waals surface area contributed by atoms with E-state index in [1.807, 2.05) is 0 Å². The molecule has 0 spiro atoms. The molecule has 0 fully saturated rings. The van der Waals surface area contributed by atoms with Gasteiger partial charge in [0.05, 0.1) is 10.7 Å². The molecule has 0 radical (unpaired) electrons. The fraction of sp³-hybridized carbons (Fsp3) is 0.111. The number of phenols is 1. The Morgan fingerprint density at radius 1 is 1.11 bits per heavy atom. The van der Waals surface area contributed by atoms with Crippen LogP contribution >= 0.6 is 23.4 Å². The molecule has 0 aliphatic carbocycles. The van der Waals surface area contributed by atoms with E-state index in [2.05, 4.69) is 9.98 Å². The molecule has 9 heteroatoms. The standard InChI is InChI=1S/C18H15ClN4O3S/c1-22-15(25)9-16(23(2)18(22)26)27-17-13(7-8-14(19)21-17)20-10-11-3-5-12(24)6-4-11/h3-10,24H,1-2H3. The fourth-order valence-electron chi connectivity index (χ4n) is 2.20. The summed E-state index contributed by atoms with van der Waals surface area (Å²) in [4.78, 5) is 32.7. The lowest BCUT2D eigenvalue weighted by Gasteiger charge is -2.10. The molecular formula is C18H15ClN4O3S. The van der Waals surface area contributed by atoms with Crippen molar-refractivity contribution in [2.75, 3.05) is 0 Å². The summed E-state index contributed by atoms with van der Waals surface area (Å²) < 4.78 is 2.39. The van der Waals surface area contributed by atoms with Crippen molar-refractivity contribution in [1.29, 1.82) is 0 Å². The molecule has 3 aromatic rings. The number of phenolic OH excluding ortho intramolecular Hbond substituents is 1.